The molecular weight excluding hydrogens is 354 g/mol. The smallest absolute Gasteiger partial charge is 0.339 e. The summed E-state index contributed by atoms with van der Waals surface area (Å²) in [6.07, 6.45) is 1.75. The van der Waals surface area contributed by atoms with Crippen molar-refractivity contribution >= 4 is 28.2 Å². The second-order valence-electron chi connectivity index (χ2n) is 6.82. The van der Waals surface area contributed by atoms with Gasteiger partial charge in [0.2, 0.25) is 0 Å². The summed E-state index contributed by atoms with van der Waals surface area (Å²) in [5.41, 5.74) is 1.22. The summed E-state index contributed by atoms with van der Waals surface area (Å²) in [5.74, 6) is -0.438. The number of aryl methyl sites for hydroxylation is 1. The maximum absolute atomic E-state index is 12.7. The molecule has 3 rings (SSSR count). The van der Waals surface area contributed by atoms with E-state index in [1.54, 1.807) is 18.2 Å². The summed E-state index contributed by atoms with van der Waals surface area (Å²) in [6, 6.07) is 4.82. The summed E-state index contributed by atoms with van der Waals surface area (Å²) < 4.78 is 10.4. The molecule has 1 aromatic carbocycles. The maximum atomic E-state index is 12.7. The standard InChI is InChI=1S/C19H21NO5S/c1-19(2)8-7-13-15(19)14(18(22)23)17(26-13)20-16(21)10-5-6-11(24-3)12(9-10)25-4/h5-6,9H,7-8H2,1-4H3,(H,20,21)(H,22,23). The summed E-state index contributed by atoms with van der Waals surface area (Å²) in [5, 5.41) is 12.9. The molecule has 0 saturated carbocycles. The molecule has 0 radical (unpaired) electrons. The lowest BCUT2D eigenvalue weighted by molar-refractivity contribution is 0.0696. The number of benzene rings is 1. The van der Waals surface area contributed by atoms with Crippen LogP contribution in [0.4, 0.5) is 5.00 Å². The number of hydrogen-bond donors (Lipinski definition) is 2. The molecule has 1 aliphatic rings. The first-order valence-corrected chi connectivity index (χ1v) is 9.03. The van der Waals surface area contributed by atoms with Crippen molar-refractivity contribution in [3.8, 4) is 11.5 Å². The van der Waals surface area contributed by atoms with Gasteiger partial charge in [0.05, 0.1) is 19.8 Å². The number of anilines is 1. The number of aromatic carboxylic acids is 1. The van der Waals surface area contributed by atoms with Crippen molar-refractivity contribution in [3.05, 3.63) is 39.8 Å². The monoisotopic (exact) mass is 375 g/mol. The fourth-order valence-electron chi connectivity index (χ4n) is 3.37. The Kier molecular flexibility index (Phi) is 4.66. The average Bonchev–Trinajstić information content (AvgIpc) is 3.11. The molecule has 2 aromatic rings. The molecule has 0 fully saturated rings. The highest BCUT2D eigenvalue weighted by Crippen LogP contribution is 2.48. The Labute approximate surface area is 155 Å². The largest absolute Gasteiger partial charge is 0.493 e. The molecule has 138 valence electrons. The molecule has 1 amide bonds. The molecular formula is C19H21NO5S. The lowest BCUT2D eigenvalue weighted by Gasteiger charge is -2.19. The van der Waals surface area contributed by atoms with Gasteiger partial charge in [-0.25, -0.2) is 4.79 Å². The van der Waals surface area contributed by atoms with Crippen molar-refractivity contribution in [2.45, 2.75) is 32.1 Å². The third-order valence-electron chi connectivity index (χ3n) is 4.72. The molecule has 26 heavy (non-hydrogen) atoms. The Balaban J connectivity index is 1.95. The normalized spacial score (nSPS) is 14.6. The van der Waals surface area contributed by atoms with Crippen molar-refractivity contribution in [1.29, 1.82) is 0 Å². The van der Waals surface area contributed by atoms with Crippen LogP contribution in [-0.4, -0.2) is 31.2 Å². The molecule has 1 aromatic heterocycles. The van der Waals surface area contributed by atoms with Gasteiger partial charge in [-0.2, -0.15) is 0 Å². The highest BCUT2D eigenvalue weighted by molar-refractivity contribution is 7.17. The second-order valence-corrected chi connectivity index (χ2v) is 7.92. The van der Waals surface area contributed by atoms with Gasteiger partial charge in [-0.3, -0.25) is 4.79 Å². The number of carboxylic acids is 1. The number of hydrogen-bond acceptors (Lipinski definition) is 5. The Morgan fingerprint density at radius 1 is 1.19 bits per heavy atom. The van der Waals surface area contributed by atoms with Crippen molar-refractivity contribution in [3.63, 3.8) is 0 Å². The van der Waals surface area contributed by atoms with Crippen LogP contribution in [0.15, 0.2) is 18.2 Å². The van der Waals surface area contributed by atoms with Gasteiger partial charge in [0.25, 0.3) is 5.91 Å². The highest BCUT2D eigenvalue weighted by atomic mass is 32.1. The number of rotatable bonds is 5. The summed E-state index contributed by atoms with van der Waals surface area (Å²) in [4.78, 5) is 25.5. The second kappa shape index (κ2) is 6.64. The Morgan fingerprint density at radius 2 is 1.88 bits per heavy atom. The first kappa shape index (κ1) is 18.3. The van der Waals surface area contributed by atoms with Crippen LogP contribution in [0.3, 0.4) is 0 Å². The minimum Gasteiger partial charge on any atom is -0.493 e. The maximum Gasteiger partial charge on any atom is 0.339 e. The molecule has 2 N–H and O–H groups in total. The average molecular weight is 375 g/mol. The van der Waals surface area contributed by atoms with Crippen LogP contribution in [0, 0.1) is 0 Å². The molecule has 0 atom stereocenters. The first-order valence-electron chi connectivity index (χ1n) is 8.21. The van der Waals surface area contributed by atoms with Gasteiger partial charge in [-0.15, -0.1) is 11.3 Å². The van der Waals surface area contributed by atoms with E-state index < -0.39 is 5.97 Å². The molecule has 0 aliphatic heterocycles. The number of methoxy groups -OCH3 is 2. The van der Waals surface area contributed by atoms with Crippen molar-refractivity contribution in [2.24, 2.45) is 0 Å². The molecule has 1 aliphatic carbocycles. The van der Waals surface area contributed by atoms with E-state index in [9.17, 15) is 14.7 Å². The molecule has 1 heterocycles. The predicted molar refractivity (Wildman–Crippen MR) is 100 cm³/mol. The number of nitrogens with one attached hydrogen (secondary N) is 1. The van der Waals surface area contributed by atoms with Crippen LogP contribution in [0.5, 0.6) is 11.5 Å². The molecule has 0 saturated heterocycles. The van der Waals surface area contributed by atoms with Gasteiger partial charge < -0.3 is 19.9 Å². The fraction of sp³-hybridized carbons (Fsp3) is 0.368. The van der Waals surface area contributed by atoms with Crippen LogP contribution in [0.25, 0.3) is 0 Å². The van der Waals surface area contributed by atoms with Gasteiger partial charge in [-0.1, -0.05) is 13.8 Å². The SMILES string of the molecule is COc1ccc(C(=O)Nc2sc3c(c2C(=O)O)C(C)(C)CC3)cc1OC. The van der Waals surface area contributed by atoms with Crippen LogP contribution in [-0.2, 0) is 11.8 Å². The van der Waals surface area contributed by atoms with Gasteiger partial charge in [0.1, 0.15) is 5.00 Å². The summed E-state index contributed by atoms with van der Waals surface area (Å²) in [6.45, 7) is 4.08. The molecule has 0 bridgehead atoms. The number of carboxylic acid groups (broad SMARTS) is 1. The minimum atomic E-state index is -1.01. The van der Waals surface area contributed by atoms with E-state index in [0.29, 0.717) is 22.1 Å². The highest BCUT2D eigenvalue weighted by Gasteiger charge is 2.38. The van der Waals surface area contributed by atoms with Gasteiger partial charge in [0.15, 0.2) is 11.5 Å². The zero-order valence-corrected chi connectivity index (χ0v) is 16.0. The molecule has 0 unspecified atom stereocenters. The Morgan fingerprint density at radius 3 is 2.50 bits per heavy atom. The zero-order chi connectivity index (χ0) is 19.1. The quantitative estimate of drug-likeness (QED) is 0.827. The lowest BCUT2D eigenvalue weighted by atomic mass is 9.85. The van der Waals surface area contributed by atoms with E-state index in [1.807, 2.05) is 13.8 Å². The Bertz CT molecular complexity index is 884. The molecule has 0 spiro atoms. The summed E-state index contributed by atoms with van der Waals surface area (Å²) >= 11 is 1.35. The van der Waals surface area contributed by atoms with Crippen molar-refractivity contribution in [1.82, 2.24) is 0 Å². The van der Waals surface area contributed by atoms with E-state index in [4.69, 9.17) is 9.47 Å². The van der Waals surface area contributed by atoms with Gasteiger partial charge in [0, 0.05) is 10.4 Å². The predicted octanol–water partition coefficient (Wildman–Crippen LogP) is 3.94. The van der Waals surface area contributed by atoms with Crippen LogP contribution in [0.2, 0.25) is 0 Å². The van der Waals surface area contributed by atoms with Crippen LogP contribution >= 0.6 is 11.3 Å². The number of carbonyl (C=O) groups excluding carboxylic acids is 1. The summed E-state index contributed by atoms with van der Waals surface area (Å²) in [7, 11) is 3.01. The van der Waals surface area contributed by atoms with E-state index in [1.165, 1.54) is 25.6 Å². The van der Waals surface area contributed by atoms with E-state index in [0.717, 1.165) is 23.3 Å². The molecule has 6 nitrogen and oxygen atoms in total. The first-order chi connectivity index (χ1) is 12.3. The van der Waals surface area contributed by atoms with Crippen LogP contribution in [0.1, 0.15) is 51.4 Å². The topological polar surface area (TPSA) is 84.9 Å². The number of thiophene rings is 1. The van der Waals surface area contributed by atoms with E-state index in [-0.39, 0.29) is 16.9 Å². The number of ether oxygens (including phenoxy) is 2. The van der Waals surface area contributed by atoms with Crippen LogP contribution < -0.4 is 14.8 Å². The minimum absolute atomic E-state index is 0.203. The van der Waals surface area contributed by atoms with Gasteiger partial charge >= 0.3 is 5.97 Å². The lowest BCUT2D eigenvalue weighted by Crippen LogP contribution is -2.18. The third-order valence-corrected chi connectivity index (χ3v) is 5.89. The molecule has 7 heteroatoms. The Hall–Kier alpha value is -2.54. The number of amides is 1. The number of carbonyl (C=O) groups is 2. The van der Waals surface area contributed by atoms with Gasteiger partial charge in [-0.05, 0) is 42.0 Å². The zero-order valence-electron chi connectivity index (χ0n) is 15.1. The third kappa shape index (κ3) is 3.03. The van der Waals surface area contributed by atoms with E-state index in [2.05, 4.69) is 5.32 Å². The van der Waals surface area contributed by atoms with Crippen molar-refractivity contribution < 1.29 is 24.2 Å². The van der Waals surface area contributed by atoms with Crippen molar-refractivity contribution in [2.75, 3.05) is 19.5 Å². The van der Waals surface area contributed by atoms with E-state index >= 15 is 0 Å². The number of fused-ring (bicyclic) bond motifs is 1. The fourth-order valence-corrected chi connectivity index (χ4v) is 4.73.